The lowest BCUT2D eigenvalue weighted by atomic mass is 10.0. The summed E-state index contributed by atoms with van der Waals surface area (Å²) in [6.07, 6.45) is 2.71. The van der Waals surface area contributed by atoms with E-state index in [0.717, 1.165) is 10.6 Å². The summed E-state index contributed by atoms with van der Waals surface area (Å²) < 4.78 is 10.8. The zero-order valence-electron chi connectivity index (χ0n) is 19.3. The fraction of sp³-hybridized carbons (Fsp3) is 0.348. The summed E-state index contributed by atoms with van der Waals surface area (Å²) >= 11 is 11.8. The smallest absolute Gasteiger partial charge is 0.417 e. The molecule has 0 radical (unpaired) electrons. The molecule has 1 aromatic carbocycles. The molecule has 1 aliphatic heterocycles. The Bertz CT molecular complexity index is 1120. The third kappa shape index (κ3) is 6.21. The van der Waals surface area contributed by atoms with Gasteiger partial charge in [-0.05, 0) is 39.0 Å². The normalized spacial score (nSPS) is 14.0. The number of ether oxygens (including phenoxy) is 2. The van der Waals surface area contributed by atoms with Crippen LogP contribution in [0.3, 0.4) is 0 Å². The number of anilines is 1. The molecule has 0 fully saturated rings. The van der Waals surface area contributed by atoms with Crippen molar-refractivity contribution in [2.75, 3.05) is 19.0 Å². The lowest BCUT2D eigenvalue weighted by Crippen LogP contribution is -2.47. The first kappa shape index (κ1) is 25.4. The first-order chi connectivity index (χ1) is 16.1. The molecule has 0 saturated heterocycles. The fourth-order valence-electron chi connectivity index (χ4n) is 3.24. The average Bonchev–Trinajstić information content (AvgIpc) is 2.77. The number of thiocarbonyl (C=S) groups is 1. The maximum absolute atomic E-state index is 13.4. The molecule has 11 heteroatoms. The minimum Gasteiger partial charge on any atom is -0.493 e. The van der Waals surface area contributed by atoms with E-state index >= 15 is 0 Å². The Morgan fingerprint density at radius 3 is 2.71 bits per heavy atom. The number of carbonyl (C=O) groups excluding carboxylic acids is 2. The highest BCUT2D eigenvalue weighted by molar-refractivity contribution is 7.81. The number of hydrogen-bond donors (Lipinski definition) is 2. The van der Waals surface area contributed by atoms with Crippen molar-refractivity contribution in [1.29, 1.82) is 0 Å². The first-order valence-electron chi connectivity index (χ1n) is 10.5. The molecular weight excluding hydrogens is 478 g/mol. The summed E-state index contributed by atoms with van der Waals surface area (Å²) in [6, 6.07) is 6.90. The van der Waals surface area contributed by atoms with Crippen LogP contribution in [0.25, 0.3) is 0 Å². The minimum atomic E-state index is -0.750. The Morgan fingerprint density at radius 1 is 1.29 bits per heavy atom. The molecule has 9 nitrogen and oxygen atoms in total. The number of rotatable bonds is 6. The number of carbonyl (C=O) groups is 2. The first-order valence-corrected chi connectivity index (χ1v) is 11.3. The van der Waals surface area contributed by atoms with Gasteiger partial charge in [-0.1, -0.05) is 29.9 Å². The van der Waals surface area contributed by atoms with Gasteiger partial charge in [0, 0.05) is 24.9 Å². The second kappa shape index (κ2) is 10.8. The summed E-state index contributed by atoms with van der Waals surface area (Å²) in [6.45, 7) is 5.71. The topological polar surface area (TPSA) is 106 Å². The van der Waals surface area contributed by atoms with Crippen molar-refractivity contribution >= 4 is 46.5 Å². The molecule has 2 N–H and O–H groups in total. The number of halogens is 1. The average molecular weight is 504 g/mol. The Morgan fingerprint density at radius 2 is 2.06 bits per heavy atom. The van der Waals surface area contributed by atoms with Crippen LogP contribution in [0.2, 0.25) is 5.02 Å². The number of aromatic nitrogens is 2. The Kier molecular flexibility index (Phi) is 8.06. The molecule has 0 aliphatic carbocycles. The molecule has 0 saturated carbocycles. The molecule has 2 amide bonds. The predicted molar refractivity (Wildman–Crippen MR) is 133 cm³/mol. The quantitative estimate of drug-likeness (QED) is 0.563. The van der Waals surface area contributed by atoms with Crippen molar-refractivity contribution in [2.45, 2.75) is 39.3 Å². The minimum absolute atomic E-state index is 0.115. The number of methoxy groups -OCH3 is 1. The van der Waals surface area contributed by atoms with Crippen LogP contribution < -0.4 is 15.4 Å². The second-order valence-electron chi connectivity index (χ2n) is 8.37. The third-order valence-corrected chi connectivity index (χ3v) is 5.34. The fourth-order valence-corrected chi connectivity index (χ4v) is 3.81. The summed E-state index contributed by atoms with van der Waals surface area (Å²) in [5.74, 6) is -0.181. The lowest BCUT2D eigenvalue weighted by Gasteiger charge is -2.31. The van der Waals surface area contributed by atoms with E-state index in [1.54, 1.807) is 51.2 Å². The number of amides is 2. The van der Waals surface area contributed by atoms with Gasteiger partial charge in [-0.2, -0.15) is 0 Å². The molecular formula is C23H26ClN5O4S. The van der Waals surface area contributed by atoms with Gasteiger partial charge in [0.05, 0.1) is 35.6 Å². The van der Waals surface area contributed by atoms with E-state index in [1.165, 1.54) is 13.4 Å². The molecule has 34 heavy (non-hydrogen) atoms. The van der Waals surface area contributed by atoms with Gasteiger partial charge in [0.25, 0.3) is 5.91 Å². The van der Waals surface area contributed by atoms with Gasteiger partial charge in [-0.3, -0.25) is 4.79 Å². The van der Waals surface area contributed by atoms with Crippen LogP contribution >= 0.6 is 23.8 Å². The standard InChI is InChI=1S/C23H26ClN5O4S/c1-23(2,3)33-22(31)29-11-9-16(26-12-14-8-10-25-13-27-14)18(21(29)30)20(34)28-17-7-5-6-15(24)19(17)32-4/h5-8,10,13,26H,9,11-12H2,1-4H3,(H,28,34). The molecule has 0 unspecified atom stereocenters. The lowest BCUT2D eigenvalue weighted by molar-refractivity contribution is -0.126. The van der Waals surface area contributed by atoms with E-state index < -0.39 is 17.6 Å². The summed E-state index contributed by atoms with van der Waals surface area (Å²) in [7, 11) is 1.49. The number of hydrogen-bond acceptors (Lipinski definition) is 8. The van der Waals surface area contributed by atoms with Gasteiger partial charge in [-0.15, -0.1) is 0 Å². The number of benzene rings is 1. The van der Waals surface area contributed by atoms with Gasteiger partial charge in [0.2, 0.25) is 0 Å². The molecule has 0 atom stereocenters. The van der Waals surface area contributed by atoms with Crippen LogP contribution in [0.15, 0.2) is 48.1 Å². The molecule has 0 bridgehead atoms. The van der Waals surface area contributed by atoms with Crippen molar-refractivity contribution in [2.24, 2.45) is 0 Å². The zero-order chi connectivity index (χ0) is 24.9. The summed E-state index contributed by atoms with van der Waals surface area (Å²) in [5.41, 5.74) is 1.22. The highest BCUT2D eigenvalue weighted by atomic mass is 35.5. The molecule has 1 aromatic heterocycles. The van der Waals surface area contributed by atoms with Crippen LogP contribution in [0, 0.1) is 0 Å². The van der Waals surface area contributed by atoms with E-state index in [4.69, 9.17) is 33.3 Å². The third-order valence-electron chi connectivity index (χ3n) is 4.73. The van der Waals surface area contributed by atoms with Crippen molar-refractivity contribution in [3.8, 4) is 5.75 Å². The number of nitrogens with one attached hydrogen (secondary N) is 2. The van der Waals surface area contributed by atoms with Crippen LogP contribution in [0.1, 0.15) is 32.9 Å². The molecule has 2 heterocycles. The van der Waals surface area contributed by atoms with Crippen molar-refractivity contribution in [3.05, 3.63) is 58.8 Å². The summed E-state index contributed by atoms with van der Waals surface area (Å²) in [4.78, 5) is 35.4. The molecule has 0 spiro atoms. The Labute approximate surface area is 208 Å². The van der Waals surface area contributed by atoms with Crippen molar-refractivity contribution in [3.63, 3.8) is 0 Å². The van der Waals surface area contributed by atoms with Crippen molar-refractivity contribution < 1.29 is 19.1 Å². The highest BCUT2D eigenvalue weighted by Crippen LogP contribution is 2.33. The monoisotopic (exact) mass is 503 g/mol. The molecule has 3 rings (SSSR count). The van der Waals surface area contributed by atoms with E-state index in [-0.39, 0.29) is 17.1 Å². The van der Waals surface area contributed by atoms with Gasteiger partial charge in [-0.25, -0.2) is 19.7 Å². The van der Waals surface area contributed by atoms with Gasteiger partial charge in [0.1, 0.15) is 16.9 Å². The van der Waals surface area contributed by atoms with E-state index in [0.29, 0.717) is 35.1 Å². The van der Waals surface area contributed by atoms with Gasteiger partial charge in [0.15, 0.2) is 5.75 Å². The molecule has 2 aromatic rings. The molecule has 180 valence electrons. The van der Waals surface area contributed by atoms with E-state index in [1.807, 2.05) is 0 Å². The highest BCUT2D eigenvalue weighted by Gasteiger charge is 2.36. The zero-order valence-corrected chi connectivity index (χ0v) is 20.9. The van der Waals surface area contributed by atoms with Crippen LogP contribution in [-0.2, 0) is 16.1 Å². The van der Waals surface area contributed by atoms with Gasteiger partial charge < -0.3 is 20.1 Å². The van der Waals surface area contributed by atoms with Crippen LogP contribution in [0.4, 0.5) is 10.5 Å². The second-order valence-corrected chi connectivity index (χ2v) is 9.19. The van der Waals surface area contributed by atoms with Crippen molar-refractivity contribution in [1.82, 2.24) is 20.2 Å². The number of imide groups is 1. The Hall–Kier alpha value is -3.24. The number of para-hydroxylation sites is 1. The van der Waals surface area contributed by atoms with E-state index in [2.05, 4.69) is 20.6 Å². The maximum Gasteiger partial charge on any atom is 0.417 e. The molecule has 1 aliphatic rings. The largest absolute Gasteiger partial charge is 0.493 e. The van der Waals surface area contributed by atoms with Gasteiger partial charge >= 0.3 is 6.09 Å². The number of nitrogens with zero attached hydrogens (tertiary/aromatic N) is 3. The van der Waals surface area contributed by atoms with Crippen LogP contribution in [-0.4, -0.2) is 51.1 Å². The SMILES string of the molecule is COc1c(Cl)cccc1NC(=S)C1=C(NCc2ccncn2)CCN(C(=O)OC(C)(C)C)C1=O. The predicted octanol–water partition coefficient (Wildman–Crippen LogP) is 4.09. The van der Waals surface area contributed by atoms with E-state index in [9.17, 15) is 9.59 Å². The Balaban J connectivity index is 1.92. The summed E-state index contributed by atoms with van der Waals surface area (Å²) in [5, 5.41) is 6.66. The maximum atomic E-state index is 13.4. The van der Waals surface area contributed by atoms with Crippen LogP contribution in [0.5, 0.6) is 5.75 Å².